The lowest BCUT2D eigenvalue weighted by atomic mass is 10.2. The van der Waals surface area contributed by atoms with Crippen LogP contribution in [0.5, 0.6) is 0 Å². The average molecular weight is 268 g/mol. The van der Waals surface area contributed by atoms with Crippen LogP contribution in [0, 0.1) is 5.95 Å². The number of pyridine rings is 1. The Hall–Kier alpha value is -1.98. The molecule has 19 heavy (non-hydrogen) atoms. The molecule has 0 aliphatic heterocycles. The first kappa shape index (κ1) is 15.1. The van der Waals surface area contributed by atoms with Crippen LogP contribution in [-0.4, -0.2) is 28.5 Å². The van der Waals surface area contributed by atoms with Crippen LogP contribution < -0.4 is 5.32 Å². The van der Waals surface area contributed by atoms with Crippen molar-refractivity contribution in [2.24, 2.45) is 0 Å². The second kappa shape index (κ2) is 5.77. The van der Waals surface area contributed by atoms with Gasteiger partial charge in [0, 0.05) is 6.20 Å². The zero-order chi connectivity index (χ0) is 14.6. The third kappa shape index (κ3) is 4.65. The van der Waals surface area contributed by atoms with E-state index >= 15 is 0 Å². The van der Waals surface area contributed by atoms with E-state index < -0.39 is 29.5 Å². The second-order valence-corrected chi connectivity index (χ2v) is 5.07. The number of ether oxygens (including phenoxy) is 1. The molecule has 1 aromatic heterocycles. The summed E-state index contributed by atoms with van der Waals surface area (Å²) in [6.07, 6.45) is 1.24. The lowest BCUT2D eigenvalue weighted by Crippen LogP contribution is -2.42. The number of hydrogen-bond acceptors (Lipinski definition) is 4. The Labute approximate surface area is 111 Å². The number of carbonyl (C=O) groups is 2. The summed E-state index contributed by atoms with van der Waals surface area (Å²) >= 11 is 0. The molecule has 5 nitrogen and oxygen atoms in total. The topological polar surface area (TPSA) is 68.3 Å². The van der Waals surface area contributed by atoms with Crippen molar-refractivity contribution in [3.8, 4) is 0 Å². The van der Waals surface area contributed by atoms with Gasteiger partial charge in [0.1, 0.15) is 11.6 Å². The van der Waals surface area contributed by atoms with Gasteiger partial charge >= 0.3 is 5.97 Å². The van der Waals surface area contributed by atoms with E-state index in [4.69, 9.17) is 4.74 Å². The fraction of sp³-hybridized carbons (Fsp3) is 0.462. The van der Waals surface area contributed by atoms with Crippen LogP contribution in [0.15, 0.2) is 18.3 Å². The van der Waals surface area contributed by atoms with Crippen molar-refractivity contribution < 1.29 is 18.7 Å². The molecule has 0 unspecified atom stereocenters. The Morgan fingerprint density at radius 3 is 2.58 bits per heavy atom. The summed E-state index contributed by atoms with van der Waals surface area (Å²) in [6.45, 7) is 6.64. The van der Waals surface area contributed by atoms with Crippen molar-refractivity contribution in [3.63, 3.8) is 0 Å². The standard InChI is InChI=1S/C13H17FN2O3/c1-8(12(18)19-13(2,3)4)16-11(17)9-6-5-7-15-10(9)14/h5-8H,1-4H3,(H,16,17)/t8-/m0/s1. The molecule has 0 fully saturated rings. The minimum atomic E-state index is -0.878. The quantitative estimate of drug-likeness (QED) is 0.669. The monoisotopic (exact) mass is 268 g/mol. The zero-order valence-electron chi connectivity index (χ0n) is 11.4. The van der Waals surface area contributed by atoms with Gasteiger partial charge in [-0.3, -0.25) is 4.79 Å². The number of nitrogens with one attached hydrogen (secondary N) is 1. The van der Waals surface area contributed by atoms with E-state index in [0.717, 1.165) is 0 Å². The van der Waals surface area contributed by atoms with E-state index in [9.17, 15) is 14.0 Å². The summed E-state index contributed by atoms with van der Waals surface area (Å²) in [5.74, 6) is -2.16. The number of aromatic nitrogens is 1. The summed E-state index contributed by atoms with van der Waals surface area (Å²) in [7, 11) is 0. The van der Waals surface area contributed by atoms with E-state index in [0.29, 0.717) is 0 Å². The highest BCUT2D eigenvalue weighted by atomic mass is 19.1. The molecule has 104 valence electrons. The van der Waals surface area contributed by atoms with E-state index in [1.807, 2.05) is 0 Å². The number of halogens is 1. The predicted molar refractivity (Wildman–Crippen MR) is 67.0 cm³/mol. The third-order valence-electron chi connectivity index (χ3n) is 2.11. The van der Waals surface area contributed by atoms with Crippen molar-refractivity contribution in [2.75, 3.05) is 0 Å². The van der Waals surface area contributed by atoms with E-state index in [2.05, 4.69) is 10.3 Å². The molecule has 0 aliphatic rings. The van der Waals surface area contributed by atoms with Gasteiger partial charge in [0.05, 0.1) is 5.56 Å². The van der Waals surface area contributed by atoms with Gasteiger partial charge in [-0.2, -0.15) is 4.39 Å². The maximum atomic E-state index is 13.3. The summed E-state index contributed by atoms with van der Waals surface area (Å²) in [5, 5.41) is 2.37. The molecule has 1 heterocycles. The molecule has 0 bridgehead atoms. The molecule has 1 atom stereocenters. The molecule has 0 saturated heterocycles. The predicted octanol–water partition coefficient (Wildman–Crippen LogP) is 1.68. The van der Waals surface area contributed by atoms with Gasteiger partial charge in [-0.1, -0.05) is 0 Å². The normalized spacial score (nSPS) is 12.7. The summed E-state index contributed by atoms with van der Waals surface area (Å²) in [5.41, 5.74) is -0.854. The summed E-state index contributed by atoms with van der Waals surface area (Å²) in [6, 6.07) is 1.86. The molecule has 6 heteroatoms. The first-order valence-electron chi connectivity index (χ1n) is 5.85. The fourth-order valence-electron chi connectivity index (χ4n) is 1.28. The number of carbonyl (C=O) groups excluding carboxylic acids is 2. The van der Waals surface area contributed by atoms with Gasteiger partial charge in [-0.25, -0.2) is 9.78 Å². The fourth-order valence-corrected chi connectivity index (χ4v) is 1.28. The van der Waals surface area contributed by atoms with Crippen LogP contribution in [-0.2, 0) is 9.53 Å². The Morgan fingerprint density at radius 2 is 2.05 bits per heavy atom. The van der Waals surface area contributed by atoms with E-state index in [1.165, 1.54) is 25.3 Å². The second-order valence-electron chi connectivity index (χ2n) is 5.07. The van der Waals surface area contributed by atoms with Crippen molar-refractivity contribution in [1.82, 2.24) is 10.3 Å². The third-order valence-corrected chi connectivity index (χ3v) is 2.11. The molecule has 1 amide bonds. The van der Waals surface area contributed by atoms with Gasteiger partial charge in [-0.15, -0.1) is 0 Å². The number of amides is 1. The first-order chi connectivity index (χ1) is 8.70. The molecule has 0 spiro atoms. The molecule has 1 rings (SSSR count). The maximum absolute atomic E-state index is 13.3. The highest BCUT2D eigenvalue weighted by molar-refractivity contribution is 5.96. The van der Waals surface area contributed by atoms with Crippen molar-refractivity contribution in [2.45, 2.75) is 39.3 Å². The van der Waals surface area contributed by atoms with Crippen molar-refractivity contribution in [3.05, 3.63) is 29.8 Å². The number of rotatable bonds is 3. The molecular formula is C13H17FN2O3. The van der Waals surface area contributed by atoms with Gasteiger partial charge < -0.3 is 10.1 Å². The largest absolute Gasteiger partial charge is 0.458 e. The Kier molecular flexibility index (Phi) is 4.58. The number of nitrogens with zero attached hydrogens (tertiary/aromatic N) is 1. The lowest BCUT2D eigenvalue weighted by molar-refractivity contribution is -0.156. The average Bonchev–Trinajstić information content (AvgIpc) is 2.27. The van der Waals surface area contributed by atoms with Gasteiger partial charge in [-0.05, 0) is 39.8 Å². The highest BCUT2D eigenvalue weighted by Crippen LogP contribution is 2.09. The van der Waals surface area contributed by atoms with E-state index in [-0.39, 0.29) is 5.56 Å². The Balaban J connectivity index is 2.67. The number of hydrogen-bond donors (Lipinski definition) is 1. The maximum Gasteiger partial charge on any atom is 0.328 e. The van der Waals surface area contributed by atoms with Gasteiger partial charge in [0.25, 0.3) is 5.91 Å². The van der Waals surface area contributed by atoms with Crippen LogP contribution >= 0.6 is 0 Å². The first-order valence-corrected chi connectivity index (χ1v) is 5.85. The molecule has 0 radical (unpaired) electrons. The smallest absolute Gasteiger partial charge is 0.328 e. The van der Waals surface area contributed by atoms with Crippen molar-refractivity contribution in [1.29, 1.82) is 0 Å². The highest BCUT2D eigenvalue weighted by Gasteiger charge is 2.24. The molecule has 1 aromatic rings. The lowest BCUT2D eigenvalue weighted by Gasteiger charge is -2.22. The molecule has 0 saturated carbocycles. The Bertz CT molecular complexity index is 483. The van der Waals surface area contributed by atoms with Crippen molar-refractivity contribution >= 4 is 11.9 Å². The molecule has 1 N–H and O–H groups in total. The minimum absolute atomic E-state index is 0.210. The van der Waals surface area contributed by atoms with Crippen LogP contribution in [0.2, 0.25) is 0 Å². The van der Waals surface area contributed by atoms with Crippen LogP contribution in [0.25, 0.3) is 0 Å². The van der Waals surface area contributed by atoms with E-state index in [1.54, 1.807) is 20.8 Å². The Morgan fingerprint density at radius 1 is 1.42 bits per heavy atom. The SMILES string of the molecule is C[C@H](NC(=O)c1cccnc1F)C(=O)OC(C)(C)C. The van der Waals surface area contributed by atoms with Gasteiger partial charge in [0.2, 0.25) is 5.95 Å². The van der Waals surface area contributed by atoms with Crippen LogP contribution in [0.1, 0.15) is 38.1 Å². The van der Waals surface area contributed by atoms with Gasteiger partial charge in [0.15, 0.2) is 0 Å². The molecule has 0 aromatic carbocycles. The molecule has 0 aliphatic carbocycles. The summed E-state index contributed by atoms with van der Waals surface area (Å²) in [4.78, 5) is 26.8. The van der Waals surface area contributed by atoms with Crippen LogP contribution in [0.4, 0.5) is 4.39 Å². The zero-order valence-corrected chi connectivity index (χ0v) is 11.4. The number of esters is 1. The molecular weight excluding hydrogens is 251 g/mol. The minimum Gasteiger partial charge on any atom is -0.458 e. The summed E-state index contributed by atoms with van der Waals surface area (Å²) < 4.78 is 18.4. The van der Waals surface area contributed by atoms with Crippen LogP contribution in [0.3, 0.4) is 0 Å².